The van der Waals surface area contributed by atoms with Gasteiger partial charge in [-0.1, -0.05) is 12.1 Å². The molecule has 0 aliphatic heterocycles. The Morgan fingerprint density at radius 1 is 0.885 bits per heavy atom. The summed E-state index contributed by atoms with van der Waals surface area (Å²) in [6, 6.07) is 14.1. The zero-order valence-corrected chi connectivity index (χ0v) is 14.6. The van der Waals surface area contributed by atoms with Gasteiger partial charge in [0.15, 0.2) is 0 Å². The number of anilines is 1. The van der Waals surface area contributed by atoms with Crippen molar-refractivity contribution in [3.05, 3.63) is 71.9 Å². The molecule has 1 aromatic carbocycles. The molecular weight excluding hydrogens is 324 g/mol. The van der Waals surface area contributed by atoms with Crippen molar-refractivity contribution in [1.29, 1.82) is 0 Å². The summed E-state index contributed by atoms with van der Waals surface area (Å²) in [7, 11) is 0. The van der Waals surface area contributed by atoms with Gasteiger partial charge >= 0.3 is 0 Å². The molecule has 26 heavy (non-hydrogen) atoms. The van der Waals surface area contributed by atoms with Crippen LogP contribution in [0.4, 0.5) is 5.82 Å². The van der Waals surface area contributed by atoms with Crippen LogP contribution in [0.1, 0.15) is 17.0 Å². The summed E-state index contributed by atoms with van der Waals surface area (Å²) in [5.41, 5.74) is 5.74. The molecule has 0 fully saturated rings. The van der Waals surface area contributed by atoms with Gasteiger partial charge in [0.25, 0.3) is 0 Å². The average molecular weight is 342 g/mol. The second kappa shape index (κ2) is 6.84. The number of benzene rings is 1. The van der Waals surface area contributed by atoms with Crippen LogP contribution in [0.3, 0.4) is 0 Å². The van der Waals surface area contributed by atoms with Gasteiger partial charge in [0.05, 0.1) is 29.1 Å². The third kappa shape index (κ3) is 3.35. The number of pyridine rings is 1. The van der Waals surface area contributed by atoms with Crippen molar-refractivity contribution in [2.24, 2.45) is 0 Å². The Bertz CT molecular complexity index is 1040. The fourth-order valence-corrected chi connectivity index (χ4v) is 2.69. The zero-order chi connectivity index (χ0) is 17.9. The minimum Gasteiger partial charge on any atom is -0.364 e. The molecule has 0 atom stereocenters. The van der Waals surface area contributed by atoms with Crippen LogP contribution in [0.5, 0.6) is 0 Å². The Kier molecular flexibility index (Phi) is 4.23. The Balaban J connectivity index is 1.66. The van der Waals surface area contributed by atoms with Crippen LogP contribution in [0.25, 0.3) is 22.2 Å². The molecule has 6 heteroatoms. The van der Waals surface area contributed by atoms with E-state index in [1.807, 2.05) is 50.4 Å². The van der Waals surface area contributed by atoms with Gasteiger partial charge < -0.3 is 5.32 Å². The summed E-state index contributed by atoms with van der Waals surface area (Å²) in [4.78, 5) is 13.3. The minimum absolute atomic E-state index is 0.548. The van der Waals surface area contributed by atoms with E-state index in [4.69, 9.17) is 0 Å². The van der Waals surface area contributed by atoms with E-state index in [2.05, 4.69) is 42.6 Å². The molecule has 0 saturated heterocycles. The van der Waals surface area contributed by atoms with E-state index in [1.165, 1.54) is 0 Å². The highest BCUT2D eigenvalue weighted by molar-refractivity contribution is 5.92. The van der Waals surface area contributed by atoms with Gasteiger partial charge in [-0.15, -0.1) is 0 Å². The molecule has 0 aliphatic rings. The van der Waals surface area contributed by atoms with E-state index in [0.29, 0.717) is 6.54 Å². The molecule has 0 bridgehead atoms. The lowest BCUT2D eigenvalue weighted by Crippen LogP contribution is -2.05. The molecule has 0 saturated carbocycles. The van der Waals surface area contributed by atoms with Crippen molar-refractivity contribution >= 4 is 16.7 Å². The highest BCUT2D eigenvalue weighted by Crippen LogP contribution is 2.26. The third-order valence-corrected chi connectivity index (χ3v) is 4.13. The molecule has 1 N–H and O–H groups in total. The number of hydrogen-bond acceptors (Lipinski definition) is 6. The average Bonchev–Trinajstić information content (AvgIpc) is 2.68. The van der Waals surface area contributed by atoms with Gasteiger partial charge in [-0.05, 0) is 49.7 Å². The molecule has 0 aliphatic carbocycles. The number of hydrogen-bond donors (Lipinski definition) is 1. The van der Waals surface area contributed by atoms with E-state index in [0.717, 1.165) is 44.9 Å². The van der Waals surface area contributed by atoms with Crippen molar-refractivity contribution in [3.63, 3.8) is 0 Å². The maximum atomic E-state index is 4.51. The molecule has 128 valence electrons. The van der Waals surface area contributed by atoms with Crippen molar-refractivity contribution in [3.8, 4) is 11.3 Å². The number of rotatable bonds is 4. The molecule has 0 unspecified atom stereocenters. The van der Waals surface area contributed by atoms with Crippen molar-refractivity contribution in [1.82, 2.24) is 25.1 Å². The van der Waals surface area contributed by atoms with Crippen LogP contribution in [-0.4, -0.2) is 25.1 Å². The topological polar surface area (TPSA) is 76.5 Å². The Hall–Kier alpha value is -3.41. The molecule has 6 nitrogen and oxygen atoms in total. The zero-order valence-electron chi connectivity index (χ0n) is 14.6. The first-order chi connectivity index (χ1) is 12.7. The maximum absolute atomic E-state index is 4.51. The quantitative estimate of drug-likeness (QED) is 0.609. The van der Waals surface area contributed by atoms with E-state index < -0.39 is 0 Å². The molecule has 0 radical (unpaired) electrons. The first kappa shape index (κ1) is 16.1. The van der Waals surface area contributed by atoms with E-state index in [1.54, 1.807) is 6.33 Å². The molecule has 3 heterocycles. The van der Waals surface area contributed by atoms with Gasteiger partial charge in [-0.2, -0.15) is 10.2 Å². The smallest absolute Gasteiger partial charge is 0.137 e. The first-order valence-electron chi connectivity index (χ1n) is 8.40. The van der Waals surface area contributed by atoms with Crippen LogP contribution in [0.15, 0.2) is 55.0 Å². The minimum atomic E-state index is 0.548. The van der Waals surface area contributed by atoms with E-state index >= 15 is 0 Å². The summed E-state index contributed by atoms with van der Waals surface area (Å²) >= 11 is 0. The molecular formula is C20H18N6. The molecule has 4 aromatic rings. The lowest BCUT2D eigenvalue weighted by atomic mass is 10.1. The molecule has 4 rings (SSSR count). The van der Waals surface area contributed by atoms with Crippen LogP contribution in [0.2, 0.25) is 0 Å². The normalized spacial score (nSPS) is 10.8. The van der Waals surface area contributed by atoms with Crippen molar-refractivity contribution < 1.29 is 0 Å². The van der Waals surface area contributed by atoms with Gasteiger partial charge in [0.1, 0.15) is 12.1 Å². The van der Waals surface area contributed by atoms with Crippen molar-refractivity contribution in [2.45, 2.75) is 20.4 Å². The highest BCUT2D eigenvalue weighted by atomic mass is 15.1. The fraction of sp³-hybridized carbons (Fsp3) is 0.150. The number of fused-ring (bicyclic) bond motifs is 1. The number of nitrogens with one attached hydrogen (secondary N) is 1. The number of nitrogens with zero attached hydrogens (tertiary/aromatic N) is 5. The largest absolute Gasteiger partial charge is 0.364 e. The SMILES string of the molecule is Cc1ccc(-c2ccc3ncnc(NCc4ccc(C)nn4)c3c2)nc1. The van der Waals surface area contributed by atoms with Crippen LogP contribution in [-0.2, 0) is 6.54 Å². The van der Waals surface area contributed by atoms with E-state index in [9.17, 15) is 0 Å². The second-order valence-electron chi connectivity index (χ2n) is 6.19. The monoisotopic (exact) mass is 342 g/mol. The van der Waals surface area contributed by atoms with Gasteiger partial charge in [-0.3, -0.25) is 4.98 Å². The Morgan fingerprint density at radius 2 is 1.81 bits per heavy atom. The van der Waals surface area contributed by atoms with Crippen molar-refractivity contribution in [2.75, 3.05) is 5.32 Å². The summed E-state index contributed by atoms with van der Waals surface area (Å²) in [5, 5.41) is 12.6. The van der Waals surface area contributed by atoms with Gasteiger partial charge in [0, 0.05) is 17.1 Å². The fourth-order valence-electron chi connectivity index (χ4n) is 2.69. The van der Waals surface area contributed by atoms with Crippen LogP contribution < -0.4 is 5.32 Å². The molecule has 0 amide bonds. The van der Waals surface area contributed by atoms with Gasteiger partial charge in [0.2, 0.25) is 0 Å². The number of aromatic nitrogens is 5. The predicted octanol–water partition coefficient (Wildman–Crippen LogP) is 3.71. The number of aryl methyl sites for hydroxylation is 2. The molecule has 3 aromatic heterocycles. The summed E-state index contributed by atoms with van der Waals surface area (Å²) in [5.74, 6) is 0.770. The molecule has 0 spiro atoms. The maximum Gasteiger partial charge on any atom is 0.137 e. The Morgan fingerprint density at radius 3 is 2.58 bits per heavy atom. The predicted molar refractivity (Wildman–Crippen MR) is 102 cm³/mol. The van der Waals surface area contributed by atoms with Crippen LogP contribution in [0, 0.1) is 13.8 Å². The standard InChI is InChI=1S/C20H18N6/c1-13-3-7-18(21-10-13)15-5-8-19-17(9-15)20(24-12-23-19)22-11-16-6-4-14(2)25-26-16/h3-10,12H,11H2,1-2H3,(H,22,23,24). The lowest BCUT2D eigenvalue weighted by molar-refractivity contribution is 0.895. The summed E-state index contributed by atoms with van der Waals surface area (Å²) < 4.78 is 0. The van der Waals surface area contributed by atoms with E-state index in [-0.39, 0.29) is 0 Å². The Labute approximate surface area is 151 Å². The first-order valence-corrected chi connectivity index (χ1v) is 8.40. The van der Waals surface area contributed by atoms with Crippen LogP contribution >= 0.6 is 0 Å². The lowest BCUT2D eigenvalue weighted by Gasteiger charge is -2.09. The third-order valence-electron chi connectivity index (χ3n) is 4.13. The summed E-state index contributed by atoms with van der Waals surface area (Å²) in [6.07, 6.45) is 3.44. The summed E-state index contributed by atoms with van der Waals surface area (Å²) in [6.45, 7) is 4.50. The highest BCUT2D eigenvalue weighted by Gasteiger charge is 2.07. The van der Waals surface area contributed by atoms with Gasteiger partial charge in [-0.25, -0.2) is 9.97 Å². The second-order valence-corrected chi connectivity index (χ2v) is 6.19.